The largest absolute Gasteiger partial charge is 0.376 e. The summed E-state index contributed by atoms with van der Waals surface area (Å²) < 4.78 is 7.24. The number of aromatic nitrogens is 1. The number of amides is 1. The number of carbonyl (C=O) groups excluding carboxylic acids is 1. The van der Waals surface area contributed by atoms with Gasteiger partial charge in [-0.2, -0.15) is 0 Å². The molecule has 1 unspecified atom stereocenters. The maximum Gasteiger partial charge on any atom is 0.263 e. The van der Waals surface area contributed by atoms with Crippen molar-refractivity contribution < 1.29 is 9.53 Å². The van der Waals surface area contributed by atoms with Crippen LogP contribution in [0.2, 0.25) is 0 Å². The van der Waals surface area contributed by atoms with Crippen molar-refractivity contribution in [1.29, 1.82) is 0 Å². The first-order valence-electron chi connectivity index (χ1n) is 9.49. The first kappa shape index (κ1) is 22.1. The van der Waals surface area contributed by atoms with Crippen LogP contribution in [-0.2, 0) is 17.7 Å². The van der Waals surface area contributed by atoms with Gasteiger partial charge in [0, 0.05) is 32.4 Å². The van der Waals surface area contributed by atoms with Crippen LogP contribution in [0.25, 0.3) is 0 Å². The van der Waals surface area contributed by atoms with E-state index in [0.29, 0.717) is 25.3 Å². The molecule has 3 rings (SSSR count). The molecule has 1 amide bonds. The second-order valence-electron chi connectivity index (χ2n) is 6.85. The molecule has 2 N–H and O–H groups in total. The quantitative estimate of drug-likeness (QED) is 0.738. The van der Waals surface area contributed by atoms with E-state index >= 15 is 0 Å². The molecular formula is C21H28ClN3O3. The summed E-state index contributed by atoms with van der Waals surface area (Å²) >= 11 is 0. The van der Waals surface area contributed by atoms with Crippen LogP contribution in [0.15, 0.2) is 47.4 Å². The number of ether oxygens (including phenoxy) is 1. The summed E-state index contributed by atoms with van der Waals surface area (Å²) in [6.07, 6.45) is 3.35. The monoisotopic (exact) mass is 405 g/mol. The summed E-state index contributed by atoms with van der Waals surface area (Å²) in [7, 11) is 0. The third-order valence-corrected chi connectivity index (χ3v) is 4.84. The maximum atomic E-state index is 12.8. The number of pyridine rings is 1. The van der Waals surface area contributed by atoms with Gasteiger partial charge in [0.1, 0.15) is 5.56 Å². The predicted molar refractivity (Wildman–Crippen MR) is 112 cm³/mol. The van der Waals surface area contributed by atoms with Crippen LogP contribution in [0.5, 0.6) is 0 Å². The number of nitrogens with zero attached hydrogens (tertiary/aromatic N) is 1. The molecule has 0 saturated carbocycles. The second-order valence-corrected chi connectivity index (χ2v) is 6.85. The Kier molecular flexibility index (Phi) is 8.70. The van der Waals surface area contributed by atoms with Crippen molar-refractivity contribution in [3.8, 4) is 0 Å². The molecule has 28 heavy (non-hydrogen) atoms. The topological polar surface area (TPSA) is 72.4 Å². The molecule has 1 aromatic heterocycles. The average Bonchev–Trinajstić information content (AvgIpc) is 2.69. The van der Waals surface area contributed by atoms with Gasteiger partial charge >= 0.3 is 0 Å². The van der Waals surface area contributed by atoms with Crippen molar-refractivity contribution in [1.82, 2.24) is 15.2 Å². The van der Waals surface area contributed by atoms with E-state index in [1.807, 2.05) is 36.4 Å². The molecule has 2 aromatic rings. The molecule has 1 aromatic carbocycles. The van der Waals surface area contributed by atoms with Crippen molar-refractivity contribution in [2.24, 2.45) is 0 Å². The van der Waals surface area contributed by atoms with Gasteiger partial charge in [-0.15, -0.1) is 12.4 Å². The molecule has 0 spiro atoms. The Morgan fingerprint density at radius 1 is 1.29 bits per heavy atom. The van der Waals surface area contributed by atoms with E-state index in [4.69, 9.17) is 4.74 Å². The molecule has 1 aliphatic heterocycles. The Labute approximate surface area is 171 Å². The second kappa shape index (κ2) is 11.0. The number of rotatable bonds is 7. The normalized spacial score (nSPS) is 16.2. The number of halogens is 1. The summed E-state index contributed by atoms with van der Waals surface area (Å²) in [5, 5.41) is 6.14. The molecule has 152 valence electrons. The molecule has 0 aliphatic carbocycles. The van der Waals surface area contributed by atoms with Crippen LogP contribution in [0.4, 0.5) is 0 Å². The van der Waals surface area contributed by atoms with E-state index in [1.165, 1.54) is 0 Å². The van der Waals surface area contributed by atoms with Gasteiger partial charge in [0.15, 0.2) is 0 Å². The molecule has 1 aliphatic rings. The number of nitrogens with one attached hydrogen (secondary N) is 2. The van der Waals surface area contributed by atoms with E-state index in [0.717, 1.165) is 31.5 Å². The number of carbonyl (C=O) groups is 1. The molecule has 0 bridgehead atoms. The van der Waals surface area contributed by atoms with Crippen LogP contribution in [0.1, 0.15) is 27.9 Å². The van der Waals surface area contributed by atoms with Crippen LogP contribution in [-0.4, -0.2) is 42.8 Å². The number of morpholine rings is 1. The van der Waals surface area contributed by atoms with Gasteiger partial charge in [0.25, 0.3) is 11.5 Å². The smallest absolute Gasteiger partial charge is 0.263 e. The molecule has 0 radical (unpaired) electrons. The van der Waals surface area contributed by atoms with Gasteiger partial charge in [-0.1, -0.05) is 30.3 Å². The van der Waals surface area contributed by atoms with Gasteiger partial charge in [-0.3, -0.25) is 9.59 Å². The van der Waals surface area contributed by atoms with Gasteiger partial charge in [-0.25, -0.2) is 0 Å². The Bertz CT molecular complexity index is 817. The summed E-state index contributed by atoms with van der Waals surface area (Å²) in [5.74, 6) is -0.310. The van der Waals surface area contributed by atoms with Crippen molar-refractivity contribution in [2.45, 2.75) is 32.4 Å². The highest BCUT2D eigenvalue weighted by molar-refractivity contribution is 5.95. The number of benzene rings is 1. The summed E-state index contributed by atoms with van der Waals surface area (Å²) in [6, 6.07) is 11.8. The molecule has 1 atom stereocenters. The number of hydrogen-bond donors (Lipinski definition) is 2. The van der Waals surface area contributed by atoms with E-state index < -0.39 is 0 Å². The van der Waals surface area contributed by atoms with Gasteiger partial charge in [-0.05, 0) is 37.0 Å². The fourth-order valence-electron chi connectivity index (χ4n) is 3.25. The zero-order valence-corrected chi connectivity index (χ0v) is 17.0. The first-order chi connectivity index (χ1) is 13.1. The Morgan fingerprint density at radius 2 is 2.07 bits per heavy atom. The average molecular weight is 406 g/mol. The van der Waals surface area contributed by atoms with Crippen LogP contribution >= 0.6 is 12.4 Å². The van der Waals surface area contributed by atoms with Crippen LogP contribution in [0.3, 0.4) is 0 Å². The molecular weight excluding hydrogens is 378 g/mol. The maximum absolute atomic E-state index is 12.8. The molecule has 7 heteroatoms. The summed E-state index contributed by atoms with van der Waals surface area (Å²) in [5.41, 5.74) is 1.85. The lowest BCUT2D eigenvalue weighted by molar-refractivity contribution is 0.0239. The third-order valence-electron chi connectivity index (χ3n) is 4.84. The first-order valence-corrected chi connectivity index (χ1v) is 9.49. The lowest BCUT2D eigenvalue weighted by Crippen LogP contribution is -2.41. The number of aryl methyl sites for hydroxylation is 3. The summed E-state index contributed by atoms with van der Waals surface area (Å²) in [4.78, 5) is 25.4. The molecule has 1 fully saturated rings. The predicted octanol–water partition coefficient (Wildman–Crippen LogP) is 1.93. The minimum Gasteiger partial charge on any atom is -0.376 e. The Balaban J connectivity index is 0.00000280. The zero-order valence-electron chi connectivity index (χ0n) is 16.1. The van der Waals surface area contributed by atoms with Crippen LogP contribution < -0.4 is 16.2 Å². The fourth-order valence-corrected chi connectivity index (χ4v) is 3.25. The lowest BCUT2D eigenvalue weighted by atomic mass is 10.1. The third kappa shape index (κ3) is 5.92. The Morgan fingerprint density at radius 3 is 2.79 bits per heavy atom. The van der Waals surface area contributed by atoms with Crippen LogP contribution in [0, 0.1) is 6.92 Å². The van der Waals surface area contributed by atoms with Crippen molar-refractivity contribution in [3.05, 3.63) is 69.6 Å². The van der Waals surface area contributed by atoms with E-state index in [-0.39, 0.29) is 35.5 Å². The Hall–Kier alpha value is -2.15. The zero-order chi connectivity index (χ0) is 19.1. The minimum atomic E-state index is -0.310. The van der Waals surface area contributed by atoms with Crippen molar-refractivity contribution in [3.63, 3.8) is 0 Å². The van der Waals surface area contributed by atoms with Gasteiger partial charge < -0.3 is 19.9 Å². The van der Waals surface area contributed by atoms with Crippen molar-refractivity contribution >= 4 is 18.3 Å². The highest BCUT2D eigenvalue weighted by Crippen LogP contribution is 2.06. The minimum absolute atomic E-state index is 0. The van der Waals surface area contributed by atoms with E-state index in [9.17, 15) is 9.59 Å². The highest BCUT2D eigenvalue weighted by atomic mass is 35.5. The molecule has 1 saturated heterocycles. The lowest BCUT2D eigenvalue weighted by Gasteiger charge is -2.23. The standard InChI is InChI=1S/C21H27N3O3.ClH/c1-16-8-12-24(13-9-17-5-3-2-4-6-17)21(26)19(16)20(25)23-10-7-18-15-22-11-14-27-18;/h2-6,8,12,18,22H,7,9-11,13-15H2,1H3,(H,23,25);1H. The fraction of sp³-hybridized carbons (Fsp3) is 0.429. The van der Waals surface area contributed by atoms with Gasteiger partial charge in [0.05, 0.1) is 12.7 Å². The SMILES string of the molecule is Cc1ccn(CCc2ccccc2)c(=O)c1C(=O)NCCC1CNCCO1.Cl. The summed E-state index contributed by atoms with van der Waals surface area (Å²) in [6.45, 7) is 5.20. The van der Waals surface area contributed by atoms with Crippen molar-refractivity contribution in [2.75, 3.05) is 26.2 Å². The molecule has 6 nitrogen and oxygen atoms in total. The molecule has 2 heterocycles. The van der Waals surface area contributed by atoms with E-state index in [1.54, 1.807) is 17.7 Å². The van der Waals surface area contributed by atoms with E-state index in [2.05, 4.69) is 10.6 Å². The highest BCUT2D eigenvalue weighted by Gasteiger charge is 2.17. The van der Waals surface area contributed by atoms with Gasteiger partial charge in [0.2, 0.25) is 0 Å². The number of hydrogen-bond acceptors (Lipinski definition) is 4.